The van der Waals surface area contributed by atoms with Crippen molar-refractivity contribution in [3.63, 3.8) is 0 Å². The van der Waals surface area contributed by atoms with Crippen LogP contribution in [0.4, 0.5) is 10.5 Å². The average molecular weight is 331 g/mol. The third-order valence-corrected chi connectivity index (χ3v) is 5.75. The highest BCUT2D eigenvalue weighted by atomic mass is 16.3. The Morgan fingerprint density at radius 1 is 1.21 bits per heavy atom. The second-order valence-corrected chi connectivity index (χ2v) is 7.42. The van der Waals surface area contributed by atoms with Crippen LogP contribution in [0.15, 0.2) is 24.3 Å². The molecule has 0 radical (unpaired) electrons. The molecule has 5 heteroatoms. The van der Waals surface area contributed by atoms with Crippen molar-refractivity contribution >= 4 is 11.7 Å². The lowest BCUT2D eigenvalue weighted by Crippen LogP contribution is -2.49. The molecule has 132 valence electrons. The molecule has 2 fully saturated rings. The molecule has 3 N–H and O–H groups in total. The molecule has 4 unspecified atom stereocenters. The maximum absolute atomic E-state index is 12.2. The molecule has 0 spiro atoms. The van der Waals surface area contributed by atoms with Gasteiger partial charge in [-0.3, -0.25) is 0 Å². The van der Waals surface area contributed by atoms with Gasteiger partial charge >= 0.3 is 6.03 Å². The van der Waals surface area contributed by atoms with Gasteiger partial charge in [-0.1, -0.05) is 12.1 Å². The second-order valence-electron chi connectivity index (χ2n) is 7.42. The number of aliphatic hydroxyl groups excluding tert-OH is 1. The van der Waals surface area contributed by atoms with Crippen LogP contribution in [-0.4, -0.2) is 44.4 Å². The molecule has 24 heavy (non-hydrogen) atoms. The molecule has 1 aromatic carbocycles. The van der Waals surface area contributed by atoms with E-state index in [2.05, 4.69) is 39.8 Å². The minimum atomic E-state index is -0.101. The summed E-state index contributed by atoms with van der Waals surface area (Å²) in [6.07, 6.45) is 4.37. The van der Waals surface area contributed by atoms with Gasteiger partial charge in [0.2, 0.25) is 0 Å². The van der Waals surface area contributed by atoms with Crippen molar-refractivity contribution in [1.82, 2.24) is 10.6 Å². The predicted molar refractivity (Wildman–Crippen MR) is 96.2 cm³/mol. The second kappa shape index (κ2) is 7.43. The maximum Gasteiger partial charge on any atom is 0.315 e. The van der Waals surface area contributed by atoms with Gasteiger partial charge in [0.1, 0.15) is 0 Å². The van der Waals surface area contributed by atoms with Gasteiger partial charge in [0.25, 0.3) is 0 Å². The molecule has 2 amide bonds. The smallest absolute Gasteiger partial charge is 0.315 e. The third kappa shape index (κ3) is 3.66. The molecule has 0 aromatic heterocycles. The summed E-state index contributed by atoms with van der Waals surface area (Å²) >= 11 is 0. The summed E-state index contributed by atoms with van der Waals surface area (Å²) in [4.78, 5) is 14.2. The average Bonchev–Trinajstić information content (AvgIpc) is 3.16. The molecule has 2 saturated carbocycles. The van der Waals surface area contributed by atoms with Crippen LogP contribution in [0, 0.1) is 17.8 Å². The summed E-state index contributed by atoms with van der Waals surface area (Å²) in [6, 6.07) is 8.44. The number of fused-ring (bicyclic) bond motifs is 2. The van der Waals surface area contributed by atoms with E-state index < -0.39 is 0 Å². The summed E-state index contributed by atoms with van der Waals surface area (Å²) in [5, 5.41) is 15.6. The van der Waals surface area contributed by atoms with Gasteiger partial charge in [0.05, 0.1) is 0 Å². The number of rotatable bonds is 6. The zero-order chi connectivity index (χ0) is 17.1. The molecule has 2 bridgehead atoms. The van der Waals surface area contributed by atoms with E-state index in [0.717, 1.165) is 12.8 Å². The van der Waals surface area contributed by atoms with Gasteiger partial charge in [0.15, 0.2) is 0 Å². The van der Waals surface area contributed by atoms with Crippen LogP contribution in [0.3, 0.4) is 0 Å². The Kier molecular flexibility index (Phi) is 5.29. The molecule has 0 saturated heterocycles. The highest BCUT2D eigenvalue weighted by Gasteiger charge is 2.47. The lowest BCUT2D eigenvalue weighted by atomic mass is 9.85. The van der Waals surface area contributed by atoms with Gasteiger partial charge in [-0.25, -0.2) is 4.79 Å². The van der Waals surface area contributed by atoms with Crippen LogP contribution < -0.4 is 15.5 Å². The van der Waals surface area contributed by atoms with Crippen molar-refractivity contribution in [2.45, 2.75) is 31.7 Å². The number of amides is 2. The van der Waals surface area contributed by atoms with Crippen molar-refractivity contribution in [2.24, 2.45) is 17.8 Å². The lowest BCUT2D eigenvalue weighted by Gasteiger charge is -2.30. The molecule has 3 rings (SSSR count). The van der Waals surface area contributed by atoms with E-state index in [1.54, 1.807) is 0 Å². The van der Waals surface area contributed by atoms with Gasteiger partial charge in [0, 0.05) is 44.9 Å². The standard InChI is InChI=1S/C19H29N3O2/c1-22(2)16-7-3-13(4-8-16)9-10-20-19(24)21-18-15-6-5-14(11-15)17(18)12-23/h3-4,7-8,14-15,17-18,23H,5-6,9-12H2,1-2H3,(H2,20,21,24). The van der Waals surface area contributed by atoms with E-state index in [0.29, 0.717) is 18.4 Å². The quantitative estimate of drug-likeness (QED) is 0.747. The van der Waals surface area contributed by atoms with E-state index in [1.165, 1.54) is 24.1 Å². The van der Waals surface area contributed by atoms with E-state index in [9.17, 15) is 9.90 Å². The Balaban J connectivity index is 1.43. The molecule has 0 heterocycles. The van der Waals surface area contributed by atoms with Crippen molar-refractivity contribution in [3.8, 4) is 0 Å². The molecule has 2 aliphatic carbocycles. The lowest BCUT2D eigenvalue weighted by molar-refractivity contribution is 0.144. The van der Waals surface area contributed by atoms with Crippen molar-refractivity contribution in [3.05, 3.63) is 29.8 Å². The highest BCUT2D eigenvalue weighted by molar-refractivity contribution is 5.74. The minimum absolute atomic E-state index is 0.101. The summed E-state index contributed by atoms with van der Waals surface area (Å²) in [5.41, 5.74) is 2.39. The SMILES string of the molecule is CN(C)c1ccc(CCNC(=O)NC2C3CCC(C3)C2CO)cc1. The zero-order valence-corrected chi connectivity index (χ0v) is 14.7. The number of nitrogens with zero attached hydrogens (tertiary/aromatic N) is 1. The molecular formula is C19H29N3O2. The Hall–Kier alpha value is -1.75. The normalized spacial score (nSPS) is 28.0. The Bertz CT molecular complexity index is 558. The van der Waals surface area contributed by atoms with Crippen LogP contribution in [0.5, 0.6) is 0 Å². The largest absolute Gasteiger partial charge is 0.396 e. The van der Waals surface area contributed by atoms with Gasteiger partial charge in [-0.15, -0.1) is 0 Å². The van der Waals surface area contributed by atoms with E-state index in [-0.39, 0.29) is 24.6 Å². The third-order valence-electron chi connectivity index (χ3n) is 5.75. The van der Waals surface area contributed by atoms with E-state index >= 15 is 0 Å². The first-order valence-electron chi connectivity index (χ1n) is 9.00. The number of aliphatic hydroxyl groups is 1. The van der Waals surface area contributed by atoms with Crippen LogP contribution in [0.1, 0.15) is 24.8 Å². The molecule has 2 aliphatic rings. The topological polar surface area (TPSA) is 64.6 Å². The maximum atomic E-state index is 12.2. The first kappa shape index (κ1) is 17.1. The molecule has 4 atom stereocenters. The number of hydrogen-bond acceptors (Lipinski definition) is 3. The van der Waals surface area contributed by atoms with E-state index in [4.69, 9.17) is 0 Å². The Morgan fingerprint density at radius 2 is 1.92 bits per heavy atom. The van der Waals surface area contributed by atoms with Crippen LogP contribution >= 0.6 is 0 Å². The molecular weight excluding hydrogens is 302 g/mol. The molecule has 1 aromatic rings. The summed E-state index contributed by atoms with van der Waals surface area (Å²) in [7, 11) is 4.05. The number of benzene rings is 1. The monoisotopic (exact) mass is 331 g/mol. The first-order valence-corrected chi connectivity index (χ1v) is 9.00. The van der Waals surface area contributed by atoms with Crippen LogP contribution in [-0.2, 0) is 6.42 Å². The Labute approximate surface area is 144 Å². The van der Waals surface area contributed by atoms with Gasteiger partial charge in [-0.2, -0.15) is 0 Å². The molecule has 5 nitrogen and oxygen atoms in total. The summed E-state index contributed by atoms with van der Waals surface area (Å²) in [6.45, 7) is 0.808. The summed E-state index contributed by atoms with van der Waals surface area (Å²) in [5.74, 6) is 1.39. The number of urea groups is 1. The van der Waals surface area contributed by atoms with Gasteiger partial charge in [-0.05, 0) is 55.2 Å². The number of anilines is 1. The summed E-state index contributed by atoms with van der Waals surface area (Å²) < 4.78 is 0. The van der Waals surface area contributed by atoms with E-state index in [1.807, 2.05) is 14.1 Å². The van der Waals surface area contributed by atoms with Crippen LogP contribution in [0.2, 0.25) is 0 Å². The van der Waals surface area contributed by atoms with Crippen LogP contribution in [0.25, 0.3) is 0 Å². The zero-order valence-electron chi connectivity index (χ0n) is 14.7. The fourth-order valence-electron chi connectivity index (χ4n) is 4.38. The number of carbonyl (C=O) groups excluding carboxylic acids is 1. The fourth-order valence-corrected chi connectivity index (χ4v) is 4.38. The number of hydrogen-bond donors (Lipinski definition) is 3. The highest BCUT2D eigenvalue weighted by Crippen LogP contribution is 2.48. The Morgan fingerprint density at radius 3 is 2.58 bits per heavy atom. The minimum Gasteiger partial charge on any atom is -0.396 e. The fraction of sp³-hybridized carbons (Fsp3) is 0.632. The van der Waals surface area contributed by atoms with Crippen molar-refractivity contribution in [1.29, 1.82) is 0 Å². The number of nitrogens with one attached hydrogen (secondary N) is 2. The predicted octanol–water partition coefficient (Wildman–Crippen LogP) is 2.00. The van der Waals surface area contributed by atoms with Crippen molar-refractivity contribution < 1.29 is 9.90 Å². The first-order chi connectivity index (χ1) is 11.6. The van der Waals surface area contributed by atoms with Crippen molar-refractivity contribution in [2.75, 3.05) is 32.1 Å². The molecule has 0 aliphatic heterocycles. The van der Waals surface area contributed by atoms with Gasteiger partial charge < -0.3 is 20.6 Å². The number of carbonyl (C=O) groups is 1.